The highest BCUT2D eigenvalue weighted by atomic mass is 16.8. The van der Waals surface area contributed by atoms with Crippen molar-refractivity contribution in [1.29, 1.82) is 0 Å². The first-order chi connectivity index (χ1) is 68.5. The third-order valence-corrected chi connectivity index (χ3v) is 36.7. The van der Waals surface area contributed by atoms with E-state index in [2.05, 4.69) is 27.0 Å². The van der Waals surface area contributed by atoms with Crippen LogP contribution in [0.15, 0.2) is 24.3 Å². The lowest BCUT2D eigenvalue weighted by Gasteiger charge is -2.64. The summed E-state index contributed by atoms with van der Waals surface area (Å²) in [6, 6.07) is 0. The van der Waals surface area contributed by atoms with Crippen LogP contribution >= 0.6 is 0 Å². The maximum Gasteiger partial charge on any atom is 0.314 e. The lowest BCUT2D eigenvalue weighted by Crippen LogP contribution is -2.68. The Hall–Kier alpha value is -3.42. The minimum Gasteiger partial charge on any atom is -0.432 e. The van der Waals surface area contributed by atoms with Gasteiger partial charge in [-0.2, -0.15) is 0 Å². The SMILES string of the molecule is C=C1C[C@@]23CC[C@H]4[C@@](C)(CCC[C@@]4(C)C(=O)OC4O[C@H](CO)[C@@H](O)[C@H](O)[C@H]4O)[C@@H]2CC[C@]1(O[C@@H]1O[C@H](CO)[C@@H](O)[C@H](O[C@@H]2O[C@H](CO)[C@@H](O)[C@H](O)[C@H]2O)[C@H]1O[C@@H]1O[C@H](CO)[C@@H](O)[C@H](C)[C@H]1O)C3.C=C1C[C@@]23CC[C@H]4[C@@](C)(CCC[C@@]4(C)C(=O)OC4O[C@H](CO)[C@@H](O)[C@H](O)[C@H]4O[C@@H]4O[C@H](CO)[C@@H](O)[C@H](O)[C@H]4O)[C@@H]2CC[C@]1(O[C@@H]1O[C@H](CO)[C@@H](O)[C@H](O[C@@H]2O[C@H](CO)[C@@H](O)[C@H](O)[C@H]2O)[C@H]1O[C@@H]1O[C@H](CO)[C@@H](O)[C@H](O)[C@H]1O)C3. The molecule has 4 bridgehead atoms. The van der Waals surface area contributed by atoms with Crippen molar-refractivity contribution in [3.05, 3.63) is 24.3 Å². The fourth-order valence-electron chi connectivity index (χ4n) is 28.6. The van der Waals surface area contributed by atoms with Crippen LogP contribution in [0.2, 0.25) is 0 Å². The van der Waals surface area contributed by atoms with Gasteiger partial charge in [0.1, 0.15) is 201 Å². The standard InChI is InChI=1S/C50H80O28.C45H72O22/c1-18-11-49-9-5-24-47(2,7-4-8-48(24,3)46(68)77-44-39(34(64)29(59)22(15-54)72-44)75-42-36(66)32(62)27(57)20(13-52)70-42)25(49)6-10-50(18,17-49)78-45-40(76-43-37(67)33(63)28(58)21(14-53)71-43)38(30(60)23(16-55)73-45)74-41-35(65)31(61)26(56)19(12-51)69-41;1-18-12-44-10-6-24-42(3,8-5-9-43(24,4)41(59)66-39-34(58)32(56)29(53)22(15-48)62-39)25(44)7-11-45(18,17-44)67-40-36(65-37-27(51)19(2)26(50)20(13-46)60-37)35(30(54)23(16-49)63-40)64-38-33(57)31(55)28(52)21(14-47)61-38/h19-45,51-67H,1,4-17H2,2-3H3;19-40,46-58H,1,5-17H2,2-4H3/t19-,20-,21-,22-,23-,24+,25+,26-,27-,28-,29-,30-,31+,32+,33+,34+,35-,36-,37-,38+,39-,40-,41+,42+,43+,44?,45+,47-,48-,49-,50+;19-,20+,21+,22+,23+,24-,25-,26-,27+,28+,29+,30+,31-,32-,33+,34+,35-,36+,37-,38-,39?,40-,42+,43+,44+,45-/m10/s1. The minimum absolute atomic E-state index is 0.0529. The molecule has 2 unspecified atom stereocenters. The average Bonchev–Trinajstić information content (AvgIpc) is 1.53. The highest BCUT2D eigenvalue weighted by Gasteiger charge is 2.74. The molecule has 9 aliphatic heterocycles. The van der Waals surface area contributed by atoms with E-state index in [1.807, 2.05) is 6.92 Å². The van der Waals surface area contributed by atoms with Gasteiger partial charge in [0.25, 0.3) is 0 Å². The predicted octanol–water partition coefficient (Wildman–Crippen LogP) is -11.1. The Morgan fingerprint density at radius 1 is 0.276 bits per heavy atom. The van der Waals surface area contributed by atoms with E-state index >= 15 is 0 Å². The summed E-state index contributed by atoms with van der Waals surface area (Å²) in [4.78, 5) is 29.2. The van der Waals surface area contributed by atoms with E-state index in [0.717, 1.165) is 12.0 Å². The van der Waals surface area contributed by atoms with Crippen LogP contribution in [0.25, 0.3) is 0 Å². The number of carbonyl (C=O) groups is 2. The van der Waals surface area contributed by atoms with E-state index in [4.69, 9.17) is 85.3 Å². The Bertz CT molecular complexity index is 4350. The first-order valence-corrected chi connectivity index (χ1v) is 50.6. The van der Waals surface area contributed by atoms with Crippen molar-refractivity contribution >= 4 is 11.9 Å². The molecule has 0 amide bonds. The molecule has 145 heavy (non-hydrogen) atoms. The highest BCUT2D eigenvalue weighted by molar-refractivity contribution is 5.78. The fraction of sp³-hybridized carbons (Fsp3) is 0.937. The summed E-state index contributed by atoms with van der Waals surface area (Å²) >= 11 is 0. The lowest BCUT2D eigenvalue weighted by molar-refractivity contribution is -0.400. The Kier molecular flexibility index (Phi) is 34.9. The molecule has 57 atom stereocenters. The maximum absolute atomic E-state index is 14.9. The van der Waals surface area contributed by atoms with Gasteiger partial charge < -0.3 is 238 Å². The fourth-order valence-corrected chi connectivity index (χ4v) is 28.6. The molecule has 17 rings (SSSR count). The molecule has 50 nitrogen and oxygen atoms in total. The molecular weight excluding hydrogens is 1940 g/mol. The van der Waals surface area contributed by atoms with Gasteiger partial charge in [-0.05, 0) is 173 Å². The summed E-state index contributed by atoms with van der Waals surface area (Å²) < 4.78 is 109. The Morgan fingerprint density at radius 3 is 0.862 bits per heavy atom. The number of ether oxygens (including phenoxy) is 18. The van der Waals surface area contributed by atoms with Crippen LogP contribution in [0.5, 0.6) is 0 Å². The number of aliphatic hydroxyl groups is 30. The van der Waals surface area contributed by atoms with Gasteiger partial charge in [-0.3, -0.25) is 9.59 Å². The molecule has 50 heteroatoms. The zero-order valence-electron chi connectivity index (χ0n) is 81.4. The van der Waals surface area contributed by atoms with Crippen LogP contribution in [0.4, 0.5) is 0 Å². The van der Waals surface area contributed by atoms with Crippen molar-refractivity contribution in [2.45, 2.75) is 432 Å². The second-order valence-electron chi connectivity index (χ2n) is 44.8. The van der Waals surface area contributed by atoms with Gasteiger partial charge in [-0.1, -0.05) is 46.8 Å². The third kappa shape index (κ3) is 20.1. The van der Waals surface area contributed by atoms with E-state index in [9.17, 15) is 163 Å². The Labute approximate surface area is 834 Å². The largest absolute Gasteiger partial charge is 0.432 e. The van der Waals surface area contributed by atoms with E-state index in [0.29, 0.717) is 115 Å². The third-order valence-electron chi connectivity index (χ3n) is 36.7. The molecule has 0 aromatic heterocycles. The molecule has 0 aromatic rings. The topological polar surface area (TPSA) is 807 Å². The molecule has 832 valence electrons. The number of rotatable bonds is 27. The zero-order chi connectivity index (χ0) is 105. The Balaban J connectivity index is 0.000000210. The van der Waals surface area contributed by atoms with Crippen molar-refractivity contribution in [3.63, 3.8) is 0 Å². The van der Waals surface area contributed by atoms with Crippen LogP contribution in [0.3, 0.4) is 0 Å². The molecule has 2 spiro atoms. The summed E-state index contributed by atoms with van der Waals surface area (Å²) in [6.07, 6.45) is -64.9. The van der Waals surface area contributed by atoms with Crippen molar-refractivity contribution in [3.8, 4) is 0 Å². The summed E-state index contributed by atoms with van der Waals surface area (Å²) in [6.45, 7) is 11.6. The maximum atomic E-state index is 14.9. The number of hydrogen-bond acceptors (Lipinski definition) is 50. The number of aliphatic hydroxyl groups excluding tert-OH is 30. The van der Waals surface area contributed by atoms with Crippen molar-refractivity contribution < 1.29 is 248 Å². The van der Waals surface area contributed by atoms with Crippen LogP contribution in [0.1, 0.15) is 150 Å². The second-order valence-corrected chi connectivity index (χ2v) is 44.8. The average molecular weight is 2090 g/mol. The summed E-state index contributed by atoms with van der Waals surface area (Å²) in [5.41, 5.74) is -4.98. The molecule has 9 heterocycles. The highest BCUT2D eigenvalue weighted by Crippen LogP contribution is 2.76. The van der Waals surface area contributed by atoms with Crippen LogP contribution in [-0.2, 0) is 94.9 Å². The van der Waals surface area contributed by atoms with Crippen molar-refractivity contribution in [2.75, 3.05) is 59.5 Å². The van der Waals surface area contributed by atoms with E-state index < -0.39 is 386 Å². The predicted molar refractivity (Wildman–Crippen MR) is 474 cm³/mol. The smallest absolute Gasteiger partial charge is 0.314 e. The van der Waals surface area contributed by atoms with E-state index in [-0.39, 0.29) is 29.1 Å². The summed E-state index contributed by atoms with van der Waals surface area (Å²) in [7, 11) is 0. The van der Waals surface area contributed by atoms with E-state index in [1.165, 1.54) is 6.92 Å². The van der Waals surface area contributed by atoms with Gasteiger partial charge in [-0.25, -0.2) is 0 Å². The molecule has 0 aromatic carbocycles. The number of esters is 2. The molecule has 8 aliphatic carbocycles. The van der Waals surface area contributed by atoms with Gasteiger partial charge >= 0.3 is 11.9 Å². The van der Waals surface area contributed by atoms with E-state index in [1.54, 1.807) is 6.92 Å². The number of hydrogen-bond donors (Lipinski definition) is 30. The first kappa shape index (κ1) is 114. The molecular formula is C95H152O50. The number of carbonyl (C=O) groups excluding carboxylic acids is 2. The first-order valence-electron chi connectivity index (χ1n) is 50.6. The molecule has 17 aliphatic rings. The Morgan fingerprint density at radius 2 is 0.531 bits per heavy atom. The molecule has 8 saturated carbocycles. The molecule has 30 N–H and O–H groups in total. The molecule has 17 fully saturated rings. The van der Waals surface area contributed by atoms with Gasteiger partial charge in [0.05, 0.1) is 87.6 Å². The van der Waals surface area contributed by atoms with Crippen molar-refractivity contribution in [2.24, 2.45) is 62.1 Å². The minimum atomic E-state index is -1.99. The summed E-state index contributed by atoms with van der Waals surface area (Å²) in [5.74, 6) is -2.77. The molecule has 0 radical (unpaired) electrons. The monoisotopic (exact) mass is 2090 g/mol. The van der Waals surface area contributed by atoms with Gasteiger partial charge in [0.2, 0.25) is 12.6 Å². The number of fused-ring (bicyclic) bond motifs is 6. The lowest BCUT2D eigenvalue weighted by atomic mass is 9.41. The van der Waals surface area contributed by atoms with Crippen LogP contribution in [0, 0.1) is 62.1 Å². The van der Waals surface area contributed by atoms with Crippen molar-refractivity contribution in [1.82, 2.24) is 0 Å². The molecule has 9 saturated heterocycles. The normalized spacial score (nSPS) is 54.5. The summed E-state index contributed by atoms with van der Waals surface area (Å²) in [5, 5.41) is 318. The quantitative estimate of drug-likeness (QED) is 0.0206. The second kappa shape index (κ2) is 44.3. The van der Waals surface area contributed by atoms with Crippen LogP contribution < -0.4 is 0 Å². The van der Waals surface area contributed by atoms with Gasteiger partial charge in [-0.15, -0.1) is 0 Å². The van der Waals surface area contributed by atoms with Crippen LogP contribution in [-0.4, -0.2) is 506 Å². The van der Waals surface area contributed by atoms with Gasteiger partial charge in [0.15, 0.2) is 50.1 Å². The van der Waals surface area contributed by atoms with Gasteiger partial charge in [0, 0.05) is 5.92 Å². The zero-order valence-corrected chi connectivity index (χ0v) is 81.4.